The van der Waals surface area contributed by atoms with Crippen LogP contribution in [0.15, 0.2) is 36.7 Å². The van der Waals surface area contributed by atoms with E-state index in [0.717, 1.165) is 25.0 Å². The molecule has 26 heavy (non-hydrogen) atoms. The first-order chi connectivity index (χ1) is 12.4. The molecular weight excluding hydrogens is 329 g/mol. The van der Waals surface area contributed by atoms with Gasteiger partial charge >= 0.3 is 0 Å². The number of fused-ring (bicyclic) bond motifs is 3. The fourth-order valence-electron chi connectivity index (χ4n) is 4.05. The van der Waals surface area contributed by atoms with Crippen molar-refractivity contribution in [3.63, 3.8) is 0 Å². The van der Waals surface area contributed by atoms with Gasteiger partial charge < -0.3 is 14.6 Å². The Bertz CT molecular complexity index is 977. The lowest BCUT2D eigenvalue weighted by Gasteiger charge is -2.28. The molecule has 0 saturated carbocycles. The second-order valence-electron chi connectivity index (χ2n) is 7.65. The first kappa shape index (κ1) is 17.2. The van der Waals surface area contributed by atoms with Gasteiger partial charge in [-0.05, 0) is 44.7 Å². The summed E-state index contributed by atoms with van der Waals surface area (Å²) in [5.74, 6) is -0.425. The number of likely N-dealkylation sites (N-methyl/N-ethyl adjacent to an activating group) is 1. The first-order valence-electron chi connectivity index (χ1n) is 8.98. The Hall–Kier alpha value is -2.24. The van der Waals surface area contributed by atoms with Gasteiger partial charge in [-0.25, -0.2) is 4.39 Å². The summed E-state index contributed by atoms with van der Waals surface area (Å²) in [6.45, 7) is 5.93. The van der Waals surface area contributed by atoms with Crippen molar-refractivity contribution in [1.82, 2.24) is 14.5 Å². The molecule has 0 spiro atoms. The molecule has 0 bridgehead atoms. The molecule has 1 N–H and O–H groups in total. The van der Waals surface area contributed by atoms with Crippen LogP contribution in [0.1, 0.15) is 29.3 Å². The van der Waals surface area contributed by atoms with E-state index in [9.17, 15) is 9.50 Å². The number of hydrogen-bond donors (Lipinski definition) is 1. The summed E-state index contributed by atoms with van der Waals surface area (Å²) in [6, 6.07) is 7.71. The van der Waals surface area contributed by atoms with Crippen molar-refractivity contribution in [2.24, 2.45) is 0 Å². The first-order valence-corrected chi connectivity index (χ1v) is 8.98. The molecule has 0 amide bonds. The number of halogens is 1. The minimum Gasteiger partial charge on any atom is -0.383 e. The molecule has 0 saturated heterocycles. The van der Waals surface area contributed by atoms with Gasteiger partial charge in [-0.2, -0.15) is 0 Å². The smallest absolute Gasteiger partial charge is 0.132 e. The summed E-state index contributed by atoms with van der Waals surface area (Å²) in [5.41, 5.74) is 3.77. The van der Waals surface area contributed by atoms with E-state index in [1.54, 1.807) is 6.92 Å². The van der Waals surface area contributed by atoms with Gasteiger partial charge in [0.1, 0.15) is 11.4 Å². The zero-order valence-electron chi connectivity index (χ0n) is 15.5. The summed E-state index contributed by atoms with van der Waals surface area (Å²) in [5, 5.41) is 12.3. The molecule has 0 radical (unpaired) electrons. The van der Waals surface area contributed by atoms with E-state index in [2.05, 4.69) is 46.6 Å². The Morgan fingerprint density at radius 1 is 1.31 bits per heavy atom. The van der Waals surface area contributed by atoms with Crippen LogP contribution in [-0.2, 0) is 25.1 Å². The second kappa shape index (κ2) is 6.18. The summed E-state index contributed by atoms with van der Waals surface area (Å²) in [4.78, 5) is 6.31. The topological polar surface area (TPSA) is 41.3 Å². The molecule has 4 rings (SSSR count). The van der Waals surface area contributed by atoms with Crippen LogP contribution in [-0.4, -0.2) is 33.1 Å². The van der Waals surface area contributed by atoms with E-state index in [1.807, 2.05) is 0 Å². The SMILES string of the molecule is Cc1ccc2c(c1)c1c(n2CC(C)(O)c2cnccc2F)CCN(C)C1. The number of benzene rings is 1. The molecule has 136 valence electrons. The summed E-state index contributed by atoms with van der Waals surface area (Å²) < 4.78 is 16.4. The van der Waals surface area contributed by atoms with Crippen LogP contribution in [0.3, 0.4) is 0 Å². The molecular formula is C21H24FN3O. The third-order valence-electron chi connectivity index (χ3n) is 5.41. The van der Waals surface area contributed by atoms with E-state index in [-0.39, 0.29) is 5.56 Å². The van der Waals surface area contributed by atoms with Crippen LogP contribution < -0.4 is 0 Å². The minimum absolute atomic E-state index is 0.232. The van der Waals surface area contributed by atoms with E-state index in [4.69, 9.17) is 0 Å². The standard InChI is InChI=1S/C21H24FN3O/c1-14-4-5-19-15(10-14)16-12-24(3)9-7-20(16)25(19)13-21(2,26)17-11-23-8-6-18(17)22/h4-6,8,10-11,26H,7,9,12-13H2,1-3H3. The number of pyridine rings is 1. The van der Waals surface area contributed by atoms with E-state index < -0.39 is 11.4 Å². The van der Waals surface area contributed by atoms with Crippen molar-refractivity contribution in [1.29, 1.82) is 0 Å². The highest BCUT2D eigenvalue weighted by Gasteiger charge is 2.31. The number of aromatic nitrogens is 2. The molecule has 0 fully saturated rings. The van der Waals surface area contributed by atoms with Crippen molar-refractivity contribution in [2.45, 2.75) is 39.0 Å². The van der Waals surface area contributed by atoms with Crippen LogP contribution in [0.2, 0.25) is 0 Å². The molecule has 1 aliphatic heterocycles. The highest BCUT2D eigenvalue weighted by molar-refractivity contribution is 5.86. The Balaban J connectivity index is 1.86. The van der Waals surface area contributed by atoms with Gasteiger partial charge in [-0.1, -0.05) is 11.6 Å². The van der Waals surface area contributed by atoms with E-state index in [1.165, 1.54) is 40.7 Å². The zero-order chi connectivity index (χ0) is 18.5. The van der Waals surface area contributed by atoms with Gasteiger partial charge in [0.25, 0.3) is 0 Å². The highest BCUT2D eigenvalue weighted by Crippen LogP contribution is 2.34. The van der Waals surface area contributed by atoms with Crippen molar-refractivity contribution < 1.29 is 9.50 Å². The van der Waals surface area contributed by atoms with Crippen LogP contribution >= 0.6 is 0 Å². The van der Waals surface area contributed by atoms with Crippen LogP contribution in [0.5, 0.6) is 0 Å². The van der Waals surface area contributed by atoms with Gasteiger partial charge in [-0.15, -0.1) is 0 Å². The quantitative estimate of drug-likeness (QED) is 0.785. The van der Waals surface area contributed by atoms with Crippen molar-refractivity contribution in [3.8, 4) is 0 Å². The summed E-state index contributed by atoms with van der Waals surface area (Å²) >= 11 is 0. The van der Waals surface area contributed by atoms with Crippen LogP contribution in [0.25, 0.3) is 10.9 Å². The Morgan fingerprint density at radius 3 is 2.88 bits per heavy atom. The summed E-state index contributed by atoms with van der Waals surface area (Å²) in [6.07, 6.45) is 3.75. The average Bonchev–Trinajstić information content (AvgIpc) is 2.87. The van der Waals surface area contributed by atoms with Gasteiger partial charge in [0.2, 0.25) is 0 Å². The van der Waals surface area contributed by atoms with E-state index >= 15 is 0 Å². The van der Waals surface area contributed by atoms with Gasteiger partial charge in [0.05, 0.1) is 6.54 Å². The van der Waals surface area contributed by atoms with Gasteiger partial charge in [0, 0.05) is 54.1 Å². The largest absolute Gasteiger partial charge is 0.383 e. The maximum absolute atomic E-state index is 14.3. The number of aliphatic hydroxyl groups is 1. The number of nitrogens with zero attached hydrogens (tertiary/aromatic N) is 3. The molecule has 2 aromatic heterocycles. The minimum atomic E-state index is -1.34. The molecule has 4 nitrogen and oxygen atoms in total. The maximum Gasteiger partial charge on any atom is 0.132 e. The third-order valence-corrected chi connectivity index (χ3v) is 5.41. The molecule has 1 aliphatic rings. The molecule has 3 aromatic rings. The normalized spacial score (nSPS) is 17.3. The third kappa shape index (κ3) is 2.81. The van der Waals surface area contributed by atoms with Crippen molar-refractivity contribution in [2.75, 3.05) is 13.6 Å². The maximum atomic E-state index is 14.3. The highest BCUT2D eigenvalue weighted by atomic mass is 19.1. The fourth-order valence-corrected chi connectivity index (χ4v) is 4.05. The lowest BCUT2D eigenvalue weighted by molar-refractivity contribution is 0.0346. The molecule has 1 unspecified atom stereocenters. The fraction of sp³-hybridized carbons (Fsp3) is 0.381. The Morgan fingerprint density at radius 2 is 2.12 bits per heavy atom. The Labute approximate surface area is 152 Å². The predicted octanol–water partition coefficient (Wildman–Crippen LogP) is 3.38. The molecule has 0 aliphatic carbocycles. The summed E-state index contributed by atoms with van der Waals surface area (Å²) in [7, 11) is 2.13. The monoisotopic (exact) mass is 353 g/mol. The van der Waals surface area contributed by atoms with Crippen molar-refractivity contribution >= 4 is 10.9 Å². The lowest BCUT2D eigenvalue weighted by Crippen LogP contribution is -2.32. The lowest BCUT2D eigenvalue weighted by atomic mass is 9.96. The molecule has 1 aromatic carbocycles. The van der Waals surface area contributed by atoms with Crippen molar-refractivity contribution in [3.05, 3.63) is 64.9 Å². The number of hydrogen-bond acceptors (Lipinski definition) is 3. The number of rotatable bonds is 3. The van der Waals surface area contributed by atoms with Gasteiger partial charge in [-0.3, -0.25) is 4.98 Å². The van der Waals surface area contributed by atoms with Crippen LogP contribution in [0.4, 0.5) is 4.39 Å². The predicted molar refractivity (Wildman–Crippen MR) is 100 cm³/mol. The average molecular weight is 353 g/mol. The van der Waals surface area contributed by atoms with Crippen LogP contribution in [0, 0.1) is 12.7 Å². The van der Waals surface area contributed by atoms with Gasteiger partial charge in [0.15, 0.2) is 0 Å². The molecule has 5 heteroatoms. The number of aryl methyl sites for hydroxylation is 1. The second-order valence-corrected chi connectivity index (χ2v) is 7.65. The Kier molecular flexibility index (Phi) is 4.09. The molecule has 1 atom stereocenters. The van der Waals surface area contributed by atoms with E-state index in [0.29, 0.717) is 6.54 Å². The molecule has 3 heterocycles. The zero-order valence-corrected chi connectivity index (χ0v) is 15.5.